The van der Waals surface area contributed by atoms with Gasteiger partial charge in [0.25, 0.3) is 0 Å². The monoisotopic (exact) mass is 308 g/mol. The van der Waals surface area contributed by atoms with Gasteiger partial charge in [-0.15, -0.1) is 11.3 Å². The zero-order chi connectivity index (χ0) is 15.1. The molecule has 22 heavy (non-hydrogen) atoms. The smallest absolute Gasteiger partial charge is 0.154 e. The maximum absolute atomic E-state index is 4.78. The number of aromatic nitrogens is 3. The molecule has 4 rings (SSSR count). The minimum Gasteiger partial charge on any atom is -0.368 e. The quantitative estimate of drug-likeness (QED) is 0.614. The first-order valence-corrected chi connectivity index (χ1v) is 8.13. The van der Waals surface area contributed by atoms with Gasteiger partial charge >= 0.3 is 0 Å². The Bertz CT molecular complexity index is 953. The van der Waals surface area contributed by atoms with Crippen molar-refractivity contribution in [3.05, 3.63) is 42.7 Å². The predicted octanol–water partition coefficient (Wildman–Crippen LogP) is 4.28. The van der Waals surface area contributed by atoms with E-state index in [-0.39, 0.29) is 0 Å². The molecule has 0 atom stereocenters. The van der Waals surface area contributed by atoms with Gasteiger partial charge in [-0.1, -0.05) is 30.3 Å². The first-order chi connectivity index (χ1) is 10.8. The Morgan fingerprint density at radius 3 is 2.82 bits per heavy atom. The lowest BCUT2D eigenvalue weighted by Gasteiger charge is -2.04. The highest BCUT2D eigenvalue weighted by Crippen LogP contribution is 2.38. The fourth-order valence-electron chi connectivity index (χ4n) is 2.71. The van der Waals surface area contributed by atoms with Gasteiger partial charge in [-0.3, -0.25) is 0 Å². The van der Waals surface area contributed by atoms with Crippen molar-refractivity contribution >= 4 is 38.4 Å². The number of rotatable bonds is 3. The van der Waals surface area contributed by atoms with E-state index in [9.17, 15) is 0 Å². The molecule has 0 saturated carbocycles. The first-order valence-electron chi connectivity index (χ1n) is 7.31. The Kier molecular flexibility index (Phi) is 3.08. The van der Waals surface area contributed by atoms with Gasteiger partial charge in [0.15, 0.2) is 5.82 Å². The summed E-state index contributed by atoms with van der Waals surface area (Å²) in [7, 11) is 2.03. The fourth-order valence-corrected chi connectivity index (χ4v) is 3.91. The van der Waals surface area contributed by atoms with Crippen LogP contribution in [0.5, 0.6) is 0 Å². The lowest BCUT2D eigenvalue weighted by molar-refractivity contribution is 0.951. The number of thiophene rings is 1. The highest BCUT2D eigenvalue weighted by Gasteiger charge is 2.15. The van der Waals surface area contributed by atoms with E-state index in [0.29, 0.717) is 0 Å². The third kappa shape index (κ3) is 1.97. The molecule has 0 aliphatic carbocycles. The van der Waals surface area contributed by atoms with Crippen LogP contribution in [-0.4, -0.2) is 21.1 Å². The van der Waals surface area contributed by atoms with Gasteiger partial charge < -0.3 is 9.88 Å². The van der Waals surface area contributed by atoms with E-state index in [1.807, 2.05) is 19.4 Å². The van der Waals surface area contributed by atoms with Crippen LogP contribution in [0.25, 0.3) is 31.7 Å². The van der Waals surface area contributed by atoms with Crippen molar-refractivity contribution in [1.82, 2.24) is 14.5 Å². The molecule has 3 heterocycles. The summed E-state index contributed by atoms with van der Waals surface area (Å²) >= 11 is 1.77. The van der Waals surface area contributed by atoms with E-state index in [0.717, 1.165) is 28.9 Å². The summed E-state index contributed by atoms with van der Waals surface area (Å²) in [6, 6.07) is 12.6. The van der Waals surface area contributed by atoms with E-state index in [4.69, 9.17) is 4.98 Å². The molecule has 4 nitrogen and oxygen atoms in total. The van der Waals surface area contributed by atoms with Crippen LogP contribution >= 0.6 is 11.3 Å². The second-order valence-corrected chi connectivity index (χ2v) is 6.29. The Morgan fingerprint density at radius 2 is 2.05 bits per heavy atom. The van der Waals surface area contributed by atoms with Crippen LogP contribution < -0.4 is 5.32 Å². The van der Waals surface area contributed by atoms with Crippen molar-refractivity contribution in [2.24, 2.45) is 7.05 Å². The molecule has 0 bridgehead atoms. The van der Waals surface area contributed by atoms with Gasteiger partial charge in [0.1, 0.15) is 5.52 Å². The summed E-state index contributed by atoms with van der Waals surface area (Å²) < 4.78 is 3.27. The average molecular weight is 308 g/mol. The number of hydrogen-bond acceptors (Lipinski definition) is 4. The van der Waals surface area contributed by atoms with Gasteiger partial charge in [-0.25, -0.2) is 9.97 Å². The normalized spacial score (nSPS) is 11.4. The zero-order valence-corrected chi connectivity index (χ0v) is 13.3. The summed E-state index contributed by atoms with van der Waals surface area (Å²) in [5.74, 6) is 0.864. The summed E-state index contributed by atoms with van der Waals surface area (Å²) in [6.45, 7) is 2.91. The topological polar surface area (TPSA) is 42.7 Å². The van der Waals surface area contributed by atoms with Gasteiger partial charge in [-0.05, 0) is 18.6 Å². The van der Waals surface area contributed by atoms with Crippen molar-refractivity contribution in [3.8, 4) is 10.4 Å². The SMILES string of the molecule is CCNc1nc2cc(-c3ccccc3)sc2c2c1ncn2C. The number of hydrogen-bond donors (Lipinski definition) is 1. The van der Waals surface area contributed by atoms with Crippen LogP contribution in [0.15, 0.2) is 42.7 Å². The number of anilines is 1. The molecule has 0 fully saturated rings. The third-order valence-electron chi connectivity index (χ3n) is 3.72. The molecule has 110 valence electrons. The Hall–Kier alpha value is -2.40. The van der Waals surface area contributed by atoms with E-state index >= 15 is 0 Å². The van der Waals surface area contributed by atoms with Crippen molar-refractivity contribution < 1.29 is 0 Å². The number of imidazole rings is 1. The minimum atomic E-state index is 0.833. The number of benzene rings is 1. The van der Waals surface area contributed by atoms with Crippen LogP contribution in [0, 0.1) is 0 Å². The molecule has 4 aromatic rings. The number of pyridine rings is 1. The number of nitrogens with one attached hydrogen (secondary N) is 1. The van der Waals surface area contributed by atoms with Crippen LogP contribution in [0.2, 0.25) is 0 Å². The molecule has 0 spiro atoms. The van der Waals surface area contributed by atoms with Crippen molar-refractivity contribution in [1.29, 1.82) is 0 Å². The van der Waals surface area contributed by atoms with E-state index in [1.165, 1.54) is 15.1 Å². The largest absolute Gasteiger partial charge is 0.368 e. The first kappa shape index (κ1) is 13.3. The molecule has 0 aliphatic rings. The Labute approximate surface area is 132 Å². The molecular formula is C17H16N4S. The number of nitrogens with zero attached hydrogens (tertiary/aromatic N) is 3. The third-order valence-corrected chi connectivity index (χ3v) is 4.90. The van der Waals surface area contributed by atoms with Crippen molar-refractivity contribution in [3.63, 3.8) is 0 Å². The summed E-state index contributed by atoms with van der Waals surface area (Å²) in [5.41, 5.74) is 4.34. The average Bonchev–Trinajstić information content (AvgIpc) is 3.12. The van der Waals surface area contributed by atoms with Crippen LogP contribution in [0.3, 0.4) is 0 Å². The Morgan fingerprint density at radius 1 is 1.23 bits per heavy atom. The standard InChI is InChI=1S/C17H16N4S/c1-3-18-17-14-15(21(2)10-19-14)16-12(20-17)9-13(22-16)11-7-5-4-6-8-11/h4-10H,3H2,1-2H3,(H,18,20). The second-order valence-electron chi connectivity index (χ2n) is 5.23. The summed E-state index contributed by atoms with van der Waals surface area (Å²) in [5, 5.41) is 3.32. The van der Waals surface area contributed by atoms with E-state index in [2.05, 4.69) is 52.1 Å². The molecule has 1 N–H and O–H groups in total. The zero-order valence-electron chi connectivity index (χ0n) is 12.5. The van der Waals surface area contributed by atoms with Crippen LogP contribution in [0.1, 0.15) is 6.92 Å². The van der Waals surface area contributed by atoms with Gasteiger partial charge in [0.05, 0.1) is 22.1 Å². The molecule has 5 heteroatoms. The summed E-state index contributed by atoms with van der Waals surface area (Å²) in [6.07, 6.45) is 1.86. The van der Waals surface area contributed by atoms with Gasteiger partial charge in [0.2, 0.25) is 0 Å². The van der Waals surface area contributed by atoms with Gasteiger partial charge in [-0.2, -0.15) is 0 Å². The van der Waals surface area contributed by atoms with Crippen LogP contribution in [-0.2, 0) is 7.05 Å². The summed E-state index contributed by atoms with van der Waals surface area (Å²) in [4.78, 5) is 10.5. The van der Waals surface area contributed by atoms with Crippen molar-refractivity contribution in [2.75, 3.05) is 11.9 Å². The minimum absolute atomic E-state index is 0.833. The highest BCUT2D eigenvalue weighted by atomic mass is 32.1. The highest BCUT2D eigenvalue weighted by molar-refractivity contribution is 7.23. The molecule has 0 aliphatic heterocycles. The fraction of sp³-hybridized carbons (Fsp3) is 0.176. The number of aryl methyl sites for hydroxylation is 1. The molecule has 0 unspecified atom stereocenters. The molecule has 0 amide bonds. The van der Waals surface area contributed by atoms with Gasteiger partial charge in [0, 0.05) is 18.5 Å². The lowest BCUT2D eigenvalue weighted by atomic mass is 10.2. The molecule has 1 aromatic carbocycles. The van der Waals surface area contributed by atoms with Crippen LogP contribution in [0.4, 0.5) is 5.82 Å². The molecule has 0 radical (unpaired) electrons. The Balaban J connectivity index is 2.03. The van der Waals surface area contributed by atoms with E-state index < -0.39 is 0 Å². The second kappa shape index (κ2) is 5.10. The van der Waals surface area contributed by atoms with E-state index in [1.54, 1.807) is 11.3 Å². The maximum atomic E-state index is 4.78. The number of fused-ring (bicyclic) bond motifs is 3. The molecule has 3 aromatic heterocycles. The van der Waals surface area contributed by atoms with Crippen molar-refractivity contribution in [2.45, 2.75) is 6.92 Å². The predicted molar refractivity (Wildman–Crippen MR) is 93.5 cm³/mol. The molecule has 0 saturated heterocycles. The molecular weight excluding hydrogens is 292 g/mol. The lowest BCUT2D eigenvalue weighted by Crippen LogP contribution is -2.00. The maximum Gasteiger partial charge on any atom is 0.154 e.